The zero-order valence-corrected chi connectivity index (χ0v) is 13.8. The van der Waals surface area contributed by atoms with E-state index in [1.807, 2.05) is 18.2 Å². The van der Waals surface area contributed by atoms with E-state index >= 15 is 0 Å². The molecule has 5 rings (SSSR count). The smallest absolute Gasteiger partial charge is 0.0541 e. The highest BCUT2D eigenvalue weighted by molar-refractivity contribution is 6.09. The number of pyridine rings is 1. The molecule has 25 heavy (non-hydrogen) atoms. The van der Waals surface area contributed by atoms with E-state index in [4.69, 9.17) is 0 Å². The van der Waals surface area contributed by atoms with Gasteiger partial charge in [0.2, 0.25) is 0 Å². The van der Waals surface area contributed by atoms with E-state index in [0.29, 0.717) is 0 Å². The van der Waals surface area contributed by atoms with Gasteiger partial charge < -0.3 is 4.57 Å². The fourth-order valence-corrected chi connectivity index (χ4v) is 3.09. The Bertz CT molecular complexity index is 1000. The standard InChI is InChI=1S/C18H13N.C5H5N/c1-2-8-14(9-3-1)19-17-12-6-4-10-15(17)16-11-5-7-13-18(16)19;1-2-4-6-5-3-1/h1-13H;1-5H. The van der Waals surface area contributed by atoms with Crippen LogP contribution in [0.2, 0.25) is 0 Å². The second kappa shape index (κ2) is 7.02. The first-order valence-electron chi connectivity index (χ1n) is 8.34. The second-order valence-electron chi connectivity index (χ2n) is 5.73. The van der Waals surface area contributed by atoms with Crippen molar-refractivity contribution >= 4 is 21.8 Å². The lowest BCUT2D eigenvalue weighted by Gasteiger charge is -2.06. The molecule has 0 spiro atoms. The SMILES string of the molecule is c1ccc(-n2c3ccccc3c3ccccc32)cc1.c1ccncc1. The van der Waals surface area contributed by atoms with Crippen LogP contribution in [0.3, 0.4) is 0 Å². The van der Waals surface area contributed by atoms with Crippen LogP contribution in [0.4, 0.5) is 0 Å². The summed E-state index contributed by atoms with van der Waals surface area (Å²) in [6.45, 7) is 0. The van der Waals surface area contributed by atoms with Gasteiger partial charge in [-0.3, -0.25) is 4.98 Å². The summed E-state index contributed by atoms with van der Waals surface area (Å²) in [5.41, 5.74) is 3.73. The number of benzene rings is 3. The van der Waals surface area contributed by atoms with Crippen LogP contribution in [-0.2, 0) is 0 Å². The molecule has 0 atom stereocenters. The van der Waals surface area contributed by atoms with Gasteiger partial charge in [0, 0.05) is 28.9 Å². The molecule has 120 valence electrons. The fraction of sp³-hybridized carbons (Fsp3) is 0. The molecule has 0 amide bonds. The summed E-state index contributed by atoms with van der Waals surface area (Å²) in [4.78, 5) is 3.78. The van der Waals surface area contributed by atoms with Crippen LogP contribution in [0.25, 0.3) is 27.5 Å². The van der Waals surface area contributed by atoms with E-state index in [1.54, 1.807) is 12.4 Å². The molecule has 2 nitrogen and oxygen atoms in total. The van der Waals surface area contributed by atoms with Gasteiger partial charge in [-0.1, -0.05) is 60.7 Å². The molecule has 3 aromatic carbocycles. The number of para-hydroxylation sites is 3. The van der Waals surface area contributed by atoms with Crippen LogP contribution in [0.5, 0.6) is 0 Å². The molecule has 2 aromatic heterocycles. The van der Waals surface area contributed by atoms with Crippen LogP contribution in [-0.4, -0.2) is 9.55 Å². The predicted molar refractivity (Wildman–Crippen MR) is 105 cm³/mol. The summed E-state index contributed by atoms with van der Waals surface area (Å²) < 4.78 is 2.32. The van der Waals surface area contributed by atoms with E-state index in [-0.39, 0.29) is 0 Å². The van der Waals surface area contributed by atoms with E-state index in [2.05, 4.69) is 88.4 Å². The number of aromatic nitrogens is 2. The minimum atomic E-state index is 1.21. The first-order chi connectivity index (χ1) is 12.4. The van der Waals surface area contributed by atoms with Crippen LogP contribution in [0.15, 0.2) is 109 Å². The highest BCUT2D eigenvalue weighted by Gasteiger charge is 2.10. The highest BCUT2D eigenvalue weighted by Crippen LogP contribution is 2.31. The van der Waals surface area contributed by atoms with E-state index in [0.717, 1.165) is 0 Å². The van der Waals surface area contributed by atoms with Gasteiger partial charge in [0.25, 0.3) is 0 Å². The molecule has 0 bridgehead atoms. The molecule has 0 saturated carbocycles. The Morgan fingerprint density at radius 3 is 1.44 bits per heavy atom. The van der Waals surface area contributed by atoms with E-state index in [9.17, 15) is 0 Å². The van der Waals surface area contributed by atoms with Gasteiger partial charge in [-0.2, -0.15) is 0 Å². The van der Waals surface area contributed by atoms with Crippen LogP contribution in [0, 0.1) is 0 Å². The van der Waals surface area contributed by atoms with Gasteiger partial charge >= 0.3 is 0 Å². The number of rotatable bonds is 1. The van der Waals surface area contributed by atoms with Crippen molar-refractivity contribution in [3.8, 4) is 5.69 Å². The zero-order chi connectivity index (χ0) is 16.9. The van der Waals surface area contributed by atoms with Gasteiger partial charge in [-0.15, -0.1) is 0 Å². The summed E-state index contributed by atoms with van der Waals surface area (Å²) in [6.07, 6.45) is 3.50. The molecular weight excluding hydrogens is 304 g/mol. The number of fused-ring (bicyclic) bond motifs is 3. The quantitative estimate of drug-likeness (QED) is 0.377. The second-order valence-corrected chi connectivity index (χ2v) is 5.73. The lowest BCUT2D eigenvalue weighted by Crippen LogP contribution is -1.92. The van der Waals surface area contributed by atoms with Gasteiger partial charge in [-0.25, -0.2) is 0 Å². The molecule has 0 aliphatic heterocycles. The van der Waals surface area contributed by atoms with Crippen LogP contribution >= 0.6 is 0 Å². The fourth-order valence-electron chi connectivity index (χ4n) is 3.09. The average molecular weight is 322 g/mol. The average Bonchev–Trinajstić information content (AvgIpc) is 3.05. The third-order valence-corrected chi connectivity index (χ3v) is 4.16. The molecule has 0 aliphatic carbocycles. The van der Waals surface area contributed by atoms with Crippen molar-refractivity contribution < 1.29 is 0 Å². The molecule has 0 fully saturated rings. The Kier molecular flexibility index (Phi) is 4.25. The van der Waals surface area contributed by atoms with Gasteiger partial charge in [-0.05, 0) is 36.4 Å². The van der Waals surface area contributed by atoms with Gasteiger partial charge in [0.1, 0.15) is 0 Å². The molecule has 5 aromatic rings. The topological polar surface area (TPSA) is 17.8 Å². The first kappa shape index (κ1) is 15.2. The summed E-state index contributed by atoms with van der Waals surface area (Å²) in [5, 5.41) is 2.61. The molecular formula is C23H18N2. The minimum Gasteiger partial charge on any atom is -0.309 e. The molecule has 0 saturated heterocycles. The molecule has 0 unspecified atom stereocenters. The zero-order valence-electron chi connectivity index (χ0n) is 13.8. The Morgan fingerprint density at radius 2 is 0.960 bits per heavy atom. The van der Waals surface area contributed by atoms with Crippen LogP contribution < -0.4 is 0 Å². The summed E-state index contributed by atoms with van der Waals surface area (Å²) >= 11 is 0. The molecule has 2 heteroatoms. The lowest BCUT2D eigenvalue weighted by atomic mass is 10.2. The van der Waals surface area contributed by atoms with Gasteiger partial charge in [0.15, 0.2) is 0 Å². The summed E-state index contributed by atoms with van der Waals surface area (Å²) in [5.74, 6) is 0. The van der Waals surface area contributed by atoms with E-state index in [1.165, 1.54) is 27.5 Å². The Balaban J connectivity index is 0.000000223. The molecule has 0 aliphatic rings. The lowest BCUT2D eigenvalue weighted by molar-refractivity contribution is 1.18. The normalized spacial score (nSPS) is 10.4. The maximum atomic E-state index is 3.78. The molecule has 0 radical (unpaired) electrons. The van der Waals surface area contributed by atoms with Crippen molar-refractivity contribution in [1.29, 1.82) is 0 Å². The number of hydrogen-bond acceptors (Lipinski definition) is 1. The van der Waals surface area contributed by atoms with Crippen molar-refractivity contribution in [2.45, 2.75) is 0 Å². The summed E-state index contributed by atoms with van der Waals surface area (Å²) in [6, 6.07) is 33.4. The molecule has 2 heterocycles. The van der Waals surface area contributed by atoms with Crippen molar-refractivity contribution in [1.82, 2.24) is 9.55 Å². The predicted octanol–water partition coefficient (Wildman–Crippen LogP) is 5.87. The van der Waals surface area contributed by atoms with Crippen LogP contribution in [0.1, 0.15) is 0 Å². The molecule has 0 N–H and O–H groups in total. The maximum Gasteiger partial charge on any atom is 0.0541 e. The van der Waals surface area contributed by atoms with Crippen molar-refractivity contribution in [2.75, 3.05) is 0 Å². The number of hydrogen-bond donors (Lipinski definition) is 0. The minimum absolute atomic E-state index is 1.21. The van der Waals surface area contributed by atoms with Gasteiger partial charge in [0.05, 0.1) is 11.0 Å². The first-order valence-corrected chi connectivity index (χ1v) is 8.34. The highest BCUT2D eigenvalue weighted by atomic mass is 15.0. The Morgan fingerprint density at radius 1 is 0.480 bits per heavy atom. The maximum absolute atomic E-state index is 3.78. The third kappa shape index (κ3) is 3.02. The third-order valence-electron chi connectivity index (χ3n) is 4.16. The largest absolute Gasteiger partial charge is 0.309 e. The number of nitrogens with zero attached hydrogens (tertiary/aromatic N) is 2. The van der Waals surface area contributed by atoms with Crippen molar-refractivity contribution in [3.05, 3.63) is 109 Å². The summed E-state index contributed by atoms with van der Waals surface area (Å²) in [7, 11) is 0. The Hall–Kier alpha value is -3.39. The van der Waals surface area contributed by atoms with Crippen molar-refractivity contribution in [3.63, 3.8) is 0 Å². The Labute approximate surface area is 147 Å². The monoisotopic (exact) mass is 322 g/mol. The van der Waals surface area contributed by atoms with E-state index < -0.39 is 0 Å². The van der Waals surface area contributed by atoms with Crippen molar-refractivity contribution in [2.24, 2.45) is 0 Å².